The lowest BCUT2D eigenvalue weighted by Crippen LogP contribution is -2.22. The summed E-state index contributed by atoms with van der Waals surface area (Å²) in [5, 5.41) is 5.70. The van der Waals surface area contributed by atoms with Crippen molar-refractivity contribution < 1.29 is 14.3 Å². The van der Waals surface area contributed by atoms with Crippen molar-refractivity contribution in [2.75, 3.05) is 11.9 Å². The van der Waals surface area contributed by atoms with Gasteiger partial charge < -0.3 is 10.1 Å². The van der Waals surface area contributed by atoms with Crippen molar-refractivity contribution in [2.45, 2.75) is 20.3 Å². The van der Waals surface area contributed by atoms with Crippen LogP contribution >= 0.6 is 0 Å². The molecule has 30 heavy (non-hydrogen) atoms. The van der Waals surface area contributed by atoms with Gasteiger partial charge in [0.25, 0.3) is 5.91 Å². The maximum Gasteiger partial charge on any atom is 0.340 e. The van der Waals surface area contributed by atoms with E-state index in [1.54, 1.807) is 0 Å². The average molecular weight is 398 g/mol. The fourth-order valence-corrected chi connectivity index (χ4v) is 3.69. The molecule has 4 rings (SSSR count). The van der Waals surface area contributed by atoms with Gasteiger partial charge in [-0.05, 0) is 36.4 Å². The summed E-state index contributed by atoms with van der Waals surface area (Å²) in [5.41, 5.74) is 3.46. The molecule has 0 spiro atoms. The molecule has 0 radical (unpaired) electrons. The number of hydrogen-bond acceptors (Lipinski definition) is 4. The molecule has 4 aromatic rings. The summed E-state index contributed by atoms with van der Waals surface area (Å²) in [6, 6.07) is 21.2. The average Bonchev–Trinajstić information content (AvgIpc) is 2.77. The van der Waals surface area contributed by atoms with E-state index in [1.807, 2.05) is 80.6 Å². The number of nitrogens with one attached hydrogen (secondary N) is 1. The number of pyridine rings is 1. The summed E-state index contributed by atoms with van der Waals surface area (Å²) in [6.45, 7) is 3.47. The molecule has 0 saturated heterocycles. The summed E-state index contributed by atoms with van der Waals surface area (Å²) >= 11 is 0. The third-order valence-corrected chi connectivity index (χ3v) is 5.16. The summed E-state index contributed by atoms with van der Waals surface area (Å²) in [7, 11) is 0. The van der Waals surface area contributed by atoms with Crippen molar-refractivity contribution in [3.05, 3.63) is 83.6 Å². The quantitative estimate of drug-likeness (QED) is 0.478. The first kappa shape index (κ1) is 19.6. The van der Waals surface area contributed by atoms with Crippen LogP contribution in [0.1, 0.15) is 28.5 Å². The van der Waals surface area contributed by atoms with Gasteiger partial charge >= 0.3 is 5.97 Å². The Morgan fingerprint density at radius 3 is 2.43 bits per heavy atom. The molecule has 0 fully saturated rings. The van der Waals surface area contributed by atoms with Gasteiger partial charge in [-0.2, -0.15) is 0 Å². The molecule has 1 heterocycles. The molecular formula is C25H22N2O3. The SMILES string of the molecule is CCc1nc2ccccc2c(C)c1C(=O)OCC(=O)Nc1cccc2ccccc12. The van der Waals surface area contributed by atoms with Crippen LogP contribution in [0.15, 0.2) is 66.7 Å². The first-order chi connectivity index (χ1) is 14.6. The number of aromatic nitrogens is 1. The van der Waals surface area contributed by atoms with Crippen LogP contribution in [0.3, 0.4) is 0 Å². The smallest absolute Gasteiger partial charge is 0.340 e. The number of fused-ring (bicyclic) bond motifs is 2. The Labute approximate surface area is 174 Å². The minimum absolute atomic E-state index is 0.364. The molecule has 0 aliphatic heterocycles. The van der Waals surface area contributed by atoms with E-state index < -0.39 is 5.97 Å². The standard InChI is InChI=1S/C25H22N2O3/c1-3-20-24(16(2)18-11-6-7-13-21(18)26-20)25(29)30-15-23(28)27-22-14-8-10-17-9-4-5-12-19(17)22/h4-14H,3,15H2,1-2H3,(H,27,28). The van der Waals surface area contributed by atoms with Crippen molar-refractivity contribution in [1.82, 2.24) is 4.98 Å². The van der Waals surface area contributed by atoms with E-state index in [4.69, 9.17) is 4.74 Å². The molecule has 5 heteroatoms. The van der Waals surface area contributed by atoms with Gasteiger partial charge in [0.1, 0.15) is 0 Å². The minimum atomic E-state index is -0.532. The zero-order valence-corrected chi connectivity index (χ0v) is 16.9. The second kappa shape index (κ2) is 8.33. The van der Waals surface area contributed by atoms with E-state index in [-0.39, 0.29) is 12.5 Å². The maximum absolute atomic E-state index is 12.8. The number of rotatable bonds is 5. The van der Waals surface area contributed by atoms with Crippen molar-refractivity contribution in [2.24, 2.45) is 0 Å². The van der Waals surface area contributed by atoms with Crippen LogP contribution in [0.25, 0.3) is 21.7 Å². The molecule has 1 N–H and O–H groups in total. The van der Waals surface area contributed by atoms with Crippen LogP contribution in [0.5, 0.6) is 0 Å². The lowest BCUT2D eigenvalue weighted by atomic mass is 10.0. The molecule has 150 valence electrons. The molecule has 1 aromatic heterocycles. The number of anilines is 1. The molecule has 0 aliphatic rings. The molecule has 5 nitrogen and oxygen atoms in total. The predicted molar refractivity (Wildman–Crippen MR) is 119 cm³/mol. The van der Waals surface area contributed by atoms with Gasteiger partial charge in [0.15, 0.2) is 6.61 Å². The van der Waals surface area contributed by atoms with E-state index in [0.29, 0.717) is 23.4 Å². The Kier molecular flexibility index (Phi) is 5.44. The van der Waals surface area contributed by atoms with Crippen LogP contribution in [0, 0.1) is 6.92 Å². The molecule has 0 atom stereocenters. The second-order valence-electron chi connectivity index (χ2n) is 7.08. The normalized spacial score (nSPS) is 10.9. The van der Waals surface area contributed by atoms with Gasteiger partial charge in [0.2, 0.25) is 0 Å². The Morgan fingerprint density at radius 2 is 1.63 bits per heavy atom. The van der Waals surface area contributed by atoms with Crippen LogP contribution in [0.4, 0.5) is 5.69 Å². The first-order valence-electron chi connectivity index (χ1n) is 9.91. The van der Waals surface area contributed by atoms with Gasteiger partial charge in [0, 0.05) is 16.5 Å². The van der Waals surface area contributed by atoms with E-state index in [9.17, 15) is 9.59 Å². The number of hydrogen-bond donors (Lipinski definition) is 1. The first-order valence-corrected chi connectivity index (χ1v) is 9.91. The van der Waals surface area contributed by atoms with E-state index in [0.717, 1.165) is 27.2 Å². The Balaban J connectivity index is 1.52. The van der Waals surface area contributed by atoms with Gasteiger partial charge in [-0.25, -0.2) is 4.79 Å². The molecule has 0 aliphatic carbocycles. The number of benzene rings is 3. The summed E-state index contributed by atoms with van der Waals surface area (Å²) in [6.07, 6.45) is 0.596. The van der Waals surface area contributed by atoms with E-state index in [2.05, 4.69) is 10.3 Å². The number of carbonyl (C=O) groups is 2. The highest BCUT2D eigenvalue weighted by Crippen LogP contribution is 2.25. The fourth-order valence-electron chi connectivity index (χ4n) is 3.69. The Bertz CT molecular complexity index is 1260. The minimum Gasteiger partial charge on any atom is -0.452 e. The van der Waals surface area contributed by atoms with Crippen molar-refractivity contribution in [1.29, 1.82) is 0 Å². The number of para-hydroxylation sites is 1. The lowest BCUT2D eigenvalue weighted by Gasteiger charge is -2.14. The van der Waals surface area contributed by atoms with Gasteiger partial charge in [0.05, 0.1) is 16.8 Å². The van der Waals surface area contributed by atoms with E-state index in [1.165, 1.54) is 0 Å². The fraction of sp³-hybridized carbons (Fsp3) is 0.160. The Morgan fingerprint density at radius 1 is 0.933 bits per heavy atom. The van der Waals surface area contributed by atoms with Crippen LogP contribution in [-0.4, -0.2) is 23.5 Å². The van der Waals surface area contributed by atoms with Crippen molar-refractivity contribution in [3.63, 3.8) is 0 Å². The zero-order chi connectivity index (χ0) is 21.1. The summed E-state index contributed by atoms with van der Waals surface area (Å²) in [4.78, 5) is 29.9. The summed E-state index contributed by atoms with van der Waals surface area (Å²) in [5.74, 6) is -0.917. The van der Waals surface area contributed by atoms with Crippen LogP contribution < -0.4 is 5.32 Å². The molecule has 3 aromatic carbocycles. The van der Waals surface area contributed by atoms with Crippen molar-refractivity contribution >= 4 is 39.2 Å². The summed E-state index contributed by atoms with van der Waals surface area (Å²) < 4.78 is 5.36. The molecular weight excluding hydrogens is 376 g/mol. The third kappa shape index (κ3) is 3.74. The number of carbonyl (C=O) groups excluding carboxylic acids is 2. The number of aryl methyl sites for hydroxylation is 2. The largest absolute Gasteiger partial charge is 0.452 e. The zero-order valence-electron chi connectivity index (χ0n) is 16.9. The number of esters is 1. The predicted octanol–water partition coefficient (Wildman–Crippen LogP) is 5.05. The monoisotopic (exact) mass is 398 g/mol. The Hall–Kier alpha value is -3.73. The topological polar surface area (TPSA) is 68.3 Å². The van der Waals surface area contributed by atoms with Gasteiger partial charge in [-0.15, -0.1) is 0 Å². The highest BCUT2D eigenvalue weighted by atomic mass is 16.5. The highest BCUT2D eigenvalue weighted by Gasteiger charge is 2.20. The maximum atomic E-state index is 12.8. The van der Waals surface area contributed by atoms with Gasteiger partial charge in [-0.1, -0.05) is 61.5 Å². The third-order valence-electron chi connectivity index (χ3n) is 5.16. The molecule has 0 bridgehead atoms. The number of nitrogens with zero attached hydrogens (tertiary/aromatic N) is 1. The number of amides is 1. The number of ether oxygens (including phenoxy) is 1. The van der Waals surface area contributed by atoms with Crippen molar-refractivity contribution in [3.8, 4) is 0 Å². The molecule has 0 unspecified atom stereocenters. The van der Waals surface area contributed by atoms with Crippen LogP contribution in [0.2, 0.25) is 0 Å². The van der Waals surface area contributed by atoms with Crippen LogP contribution in [-0.2, 0) is 16.0 Å². The highest BCUT2D eigenvalue weighted by molar-refractivity contribution is 6.04. The lowest BCUT2D eigenvalue weighted by molar-refractivity contribution is -0.119. The molecule has 0 saturated carbocycles. The van der Waals surface area contributed by atoms with E-state index >= 15 is 0 Å². The van der Waals surface area contributed by atoms with Gasteiger partial charge in [-0.3, -0.25) is 9.78 Å². The second-order valence-corrected chi connectivity index (χ2v) is 7.08. The molecule has 1 amide bonds.